The molecule has 0 saturated heterocycles. The minimum absolute atomic E-state index is 0.0716. The number of benzene rings is 3. The summed E-state index contributed by atoms with van der Waals surface area (Å²) in [6.07, 6.45) is 0. The van der Waals surface area contributed by atoms with E-state index in [2.05, 4.69) is 4.98 Å². The number of pyridine rings is 1. The number of carbonyl (C=O) groups excluding carboxylic acids is 1. The van der Waals surface area contributed by atoms with Crippen molar-refractivity contribution >= 4 is 23.7 Å². The van der Waals surface area contributed by atoms with E-state index in [1.807, 2.05) is 0 Å². The van der Waals surface area contributed by atoms with Gasteiger partial charge in [0.05, 0.1) is 11.1 Å². The molecule has 0 saturated carbocycles. The van der Waals surface area contributed by atoms with E-state index in [0.717, 1.165) is 30.3 Å². The Hall–Kier alpha value is -6.25. The van der Waals surface area contributed by atoms with Gasteiger partial charge in [-0.15, -0.1) is 0 Å². The van der Waals surface area contributed by atoms with Crippen molar-refractivity contribution in [2.24, 2.45) is 5.73 Å². The quantitative estimate of drug-likeness (QED) is 0.122. The summed E-state index contributed by atoms with van der Waals surface area (Å²) in [5, 5.41) is 36.6. The zero-order chi connectivity index (χ0) is 32.3. The molecule has 3 aromatic carbocycles. The first-order valence-corrected chi connectivity index (χ1v) is 12.3. The number of amidine groups is 1. The average Bonchev–Trinajstić information content (AvgIpc) is 2.98. The van der Waals surface area contributed by atoms with Gasteiger partial charge in [-0.3, -0.25) is 10.2 Å². The second-order valence-corrected chi connectivity index (χ2v) is 9.17. The Morgan fingerprint density at radius 2 is 1.39 bits per heavy atom. The van der Waals surface area contributed by atoms with Gasteiger partial charge in [0, 0.05) is 25.2 Å². The van der Waals surface area contributed by atoms with Crippen LogP contribution in [-0.2, 0) is 0 Å². The van der Waals surface area contributed by atoms with Crippen molar-refractivity contribution in [1.29, 1.82) is 5.41 Å². The van der Waals surface area contributed by atoms with Crippen LogP contribution in [0.25, 0.3) is 0 Å². The Labute approximate surface area is 246 Å². The molecular weight excluding hydrogens is 586 g/mol. The molecule has 1 heterocycles. The topological polar surface area (TPSA) is 206 Å². The van der Waals surface area contributed by atoms with Crippen LogP contribution in [0.3, 0.4) is 0 Å². The van der Waals surface area contributed by atoms with Crippen LogP contribution in [-0.4, -0.2) is 63.0 Å². The minimum Gasteiger partial charge on any atom is -0.504 e. The molecule has 0 aliphatic heterocycles. The summed E-state index contributed by atoms with van der Waals surface area (Å²) < 4.78 is 47.7. The van der Waals surface area contributed by atoms with E-state index in [9.17, 15) is 29.7 Å². The van der Waals surface area contributed by atoms with Gasteiger partial charge in [-0.1, -0.05) is 6.07 Å². The molecule has 0 spiro atoms. The molecule has 1 amide bonds. The van der Waals surface area contributed by atoms with Crippen molar-refractivity contribution in [2.45, 2.75) is 0 Å². The largest absolute Gasteiger partial charge is 0.504 e. The summed E-state index contributed by atoms with van der Waals surface area (Å²) in [7, 11) is 3.02. The lowest BCUT2D eigenvalue weighted by atomic mass is 10.1. The van der Waals surface area contributed by atoms with Crippen molar-refractivity contribution in [1.82, 2.24) is 9.88 Å². The molecule has 4 rings (SSSR count). The fourth-order valence-electron chi connectivity index (χ4n) is 3.66. The smallest absolute Gasteiger partial charge is 0.335 e. The lowest BCUT2D eigenvalue weighted by Gasteiger charge is -2.16. The molecule has 0 fully saturated rings. The number of aromatic hydroxyl groups is 1. The maximum atomic E-state index is 15.8. The van der Waals surface area contributed by atoms with E-state index >= 15 is 8.78 Å². The van der Waals surface area contributed by atoms with E-state index in [1.165, 1.54) is 49.3 Å². The number of ether oxygens (including phenoxy) is 3. The molecule has 0 atom stereocenters. The number of carbonyl (C=O) groups is 3. The number of aromatic carboxylic acids is 2. The summed E-state index contributed by atoms with van der Waals surface area (Å²) in [5.74, 6) is -12.0. The highest BCUT2D eigenvalue weighted by molar-refractivity contribution is 5.96. The maximum absolute atomic E-state index is 15.8. The van der Waals surface area contributed by atoms with Crippen LogP contribution in [0, 0.1) is 17.0 Å². The molecule has 15 heteroatoms. The van der Waals surface area contributed by atoms with Gasteiger partial charge in [0.1, 0.15) is 17.3 Å². The Kier molecular flexibility index (Phi) is 8.60. The fourth-order valence-corrected chi connectivity index (χ4v) is 3.66. The summed E-state index contributed by atoms with van der Waals surface area (Å²) in [4.78, 5) is 40.5. The van der Waals surface area contributed by atoms with Crippen LogP contribution in [0.15, 0.2) is 60.7 Å². The van der Waals surface area contributed by atoms with Crippen molar-refractivity contribution in [2.75, 3.05) is 14.1 Å². The molecule has 44 heavy (non-hydrogen) atoms. The summed E-state index contributed by atoms with van der Waals surface area (Å²) >= 11 is 0. The van der Waals surface area contributed by atoms with Crippen LogP contribution in [0.4, 0.5) is 8.78 Å². The summed E-state index contributed by atoms with van der Waals surface area (Å²) in [6, 6.07) is 11.4. The van der Waals surface area contributed by atoms with Gasteiger partial charge < -0.3 is 40.2 Å². The predicted octanol–water partition coefficient (Wildman–Crippen LogP) is 4.82. The second kappa shape index (κ2) is 12.3. The minimum atomic E-state index is -1.60. The third-order valence-corrected chi connectivity index (χ3v) is 5.78. The number of nitrogens with zero attached hydrogens (tertiary/aromatic N) is 2. The van der Waals surface area contributed by atoms with E-state index < -0.39 is 81.2 Å². The number of hydrogen-bond donors (Lipinski definition) is 5. The van der Waals surface area contributed by atoms with Crippen LogP contribution < -0.4 is 19.9 Å². The Morgan fingerprint density at radius 1 is 0.795 bits per heavy atom. The van der Waals surface area contributed by atoms with E-state index in [4.69, 9.17) is 25.4 Å². The van der Waals surface area contributed by atoms with Gasteiger partial charge in [0.25, 0.3) is 17.7 Å². The second-order valence-electron chi connectivity index (χ2n) is 9.17. The standard InChI is InChI=1S/C29H22F2N4O9/c1-35(2)27(37)14-4-3-5-17(9-14)43-25-21(30)23(42-18-10-15(28(38)39)8-16(11-18)29(40)41)22(31)26(34-25)44-20-12-13(24(32)33)6-7-19(20)36/h3-12,36H,1-2H3,(H3,32,33)(H,38,39)(H,40,41). The van der Waals surface area contributed by atoms with E-state index in [1.54, 1.807) is 0 Å². The highest BCUT2D eigenvalue weighted by atomic mass is 19.1. The number of carboxylic acids is 2. The summed E-state index contributed by atoms with van der Waals surface area (Å²) in [6.45, 7) is 0. The Morgan fingerprint density at radius 3 is 1.95 bits per heavy atom. The fraction of sp³-hybridized carbons (Fsp3) is 0.0690. The monoisotopic (exact) mass is 608 g/mol. The van der Waals surface area contributed by atoms with E-state index in [0.29, 0.717) is 0 Å². The number of halogens is 2. The van der Waals surface area contributed by atoms with Gasteiger partial charge in [0.2, 0.25) is 17.4 Å². The number of aromatic nitrogens is 1. The first-order chi connectivity index (χ1) is 20.7. The van der Waals surface area contributed by atoms with E-state index in [-0.39, 0.29) is 16.9 Å². The Bertz CT molecular complexity index is 1800. The van der Waals surface area contributed by atoms with Crippen LogP contribution >= 0.6 is 0 Å². The number of hydrogen-bond acceptors (Lipinski definition) is 9. The first-order valence-electron chi connectivity index (χ1n) is 12.3. The maximum Gasteiger partial charge on any atom is 0.335 e. The third kappa shape index (κ3) is 6.62. The molecule has 0 radical (unpaired) electrons. The molecule has 226 valence electrons. The predicted molar refractivity (Wildman–Crippen MR) is 148 cm³/mol. The van der Waals surface area contributed by atoms with Crippen LogP contribution in [0.1, 0.15) is 36.6 Å². The highest BCUT2D eigenvalue weighted by Gasteiger charge is 2.27. The van der Waals surface area contributed by atoms with Gasteiger partial charge in [-0.2, -0.15) is 13.8 Å². The highest BCUT2D eigenvalue weighted by Crippen LogP contribution is 2.41. The SMILES string of the molecule is CN(C)C(=O)c1cccc(Oc2nc(Oc3cc(C(=N)N)ccc3O)c(F)c(Oc3cc(C(=O)O)cc(C(=O)O)c3)c2F)c1. The first kappa shape index (κ1) is 30.7. The zero-order valence-corrected chi connectivity index (χ0v) is 22.8. The number of nitrogen functional groups attached to an aromatic ring is 1. The molecule has 4 aromatic rings. The normalized spacial score (nSPS) is 10.5. The molecule has 0 unspecified atom stereocenters. The lowest BCUT2D eigenvalue weighted by molar-refractivity contribution is 0.0696. The number of nitrogens with two attached hydrogens (primary N) is 1. The number of rotatable bonds is 10. The number of phenolic OH excluding ortho intramolecular Hbond substituents is 1. The van der Waals surface area contributed by atoms with Gasteiger partial charge in [-0.05, 0) is 54.6 Å². The average molecular weight is 609 g/mol. The van der Waals surface area contributed by atoms with Crippen LogP contribution in [0.5, 0.6) is 40.5 Å². The molecule has 0 bridgehead atoms. The molecule has 13 nitrogen and oxygen atoms in total. The molecule has 0 aliphatic carbocycles. The summed E-state index contributed by atoms with van der Waals surface area (Å²) in [5.41, 5.74) is 4.58. The van der Waals surface area contributed by atoms with Crippen molar-refractivity contribution < 1.29 is 52.7 Å². The Balaban J connectivity index is 1.87. The number of nitrogens with one attached hydrogen (secondary N) is 1. The van der Waals surface area contributed by atoms with Crippen LogP contribution in [0.2, 0.25) is 0 Å². The third-order valence-electron chi connectivity index (χ3n) is 5.78. The lowest BCUT2D eigenvalue weighted by Crippen LogP contribution is -2.21. The van der Waals surface area contributed by atoms with Crippen molar-refractivity contribution in [3.63, 3.8) is 0 Å². The molecule has 6 N–H and O–H groups in total. The molecule has 0 aliphatic rings. The van der Waals surface area contributed by atoms with Gasteiger partial charge >= 0.3 is 11.9 Å². The molecule has 1 aromatic heterocycles. The number of carboxylic acid groups (broad SMARTS) is 2. The van der Waals surface area contributed by atoms with Gasteiger partial charge in [0.15, 0.2) is 11.5 Å². The van der Waals surface area contributed by atoms with Gasteiger partial charge in [-0.25, -0.2) is 9.59 Å². The number of amides is 1. The zero-order valence-electron chi connectivity index (χ0n) is 22.8. The molecular formula is C29H22F2N4O9. The van der Waals surface area contributed by atoms with Crippen molar-refractivity contribution in [3.8, 4) is 40.5 Å². The van der Waals surface area contributed by atoms with Crippen molar-refractivity contribution in [3.05, 3.63) is 94.6 Å². The number of phenols is 1.